The van der Waals surface area contributed by atoms with E-state index in [-0.39, 0.29) is 6.79 Å². The Labute approximate surface area is 105 Å². The molecule has 100 valence electrons. The Bertz CT molecular complexity index is 200. The molecule has 0 aromatic rings. The van der Waals surface area contributed by atoms with E-state index in [0.29, 0.717) is 12.4 Å². The SMILES string of the molecule is CCC=C(C=O)OCOCCCCCCCC. The molecular formula is C14H26O3. The summed E-state index contributed by atoms with van der Waals surface area (Å²) in [4.78, 5) is 10.5. The first-order chi connectivity index (χ1) is 8.35. The Morgan fingerprint density at radius 3 is 2.41 bits per heavy atom. The minimum absolute atomic E-state index is 0.180. The number of allylic oxidation sites excluding steroid dienone is 2. The molecule has 0 radical (unpaired) electrons. The summed E-state index contributed by atoms with van der Waals surface area (Å²) >= 11 is 0. The Hall–Kier alpha value is -0.830. The number of rotatable bonds is 12. The highest BCUT2D eigenvalue weighted by Gasteiger charge is 1.95. The molecule has 17 heavy (non-hydrogen) atoms. The van der Waals surface area contributed by atoms with E-state index in [1.54, 1.807) is 6.08 Å². The van der Waals surface area contributed by atoms with Gasteiger partial charge in [-0.1, -0.05) is 46.0 Å². The zero-order chi connectivity index (χ0) is 12.8. The zero-order valence-corrected chi connectivity index (χ0v) is 11.2. The molecular weight excluding hydrogens is 216 g/mol. The second kappa shape index (κ2) is 13.2. The van der Waals surface area contributed by atoms with Gasteiger partial charge < -0.3 is 9.47 Å². The highest BCUT2D eigenvalue weighted by Crippen LogP contribution is 2.05. The number of carbonyl (C=O) groups excluding carboxylic acids is 1. The van der Waals surface area contributed by atoms with E-state index in [1.165, 1.54) is 32.1 Å². The fourth-order valence-corrected chi connectivity index (χ4v) is 1.50. The van der Waals surface area contributed by atoms with Crippen molar-refractivity contribution in [1.29, 1.82) is 0 Å². The lowest BCUT2D eigenvalue weighted by Crippen LogP contribution is -2.02. The molecule has 0 saturated heterocycles. The Morgan fingerprint density at radius 2 is 1.76 bits per heavy atom. The summed E-state index contributed by atoms with van der Waals surface area (Å²) in [6, 6.07) is 0. The molecule has 3 nitrogen and oxygen atoms in total. The maximum atomic E-state index is 10.5. The van der Waals surface area contributed by atoms with Crippen LogP contribution in [0.3, 0.4) is 0 Å². The van der Waals surface area contributed by atoms with Crippen LogP contribution in [-0.4, -0.2) is 19.7 Å². The van der Waals surface area contributed by atoms with Gasteiger partial charge in [-0.2, -0.15) is 0 Å². The average molecular weight is 242 g/mol. The summed E-state index contributed by atoms with van der Waals surface area (Å²) in [6.07, 6.45) is 10.8. The fourth-order valence-electron chi connectivity index (χ4n) is 1.50. The van der Waals surface area contributed by atoms with Crippen molar-refractivity contribution in [1.82, 2.24) is 0 Å². The van der Waals surface area contributed by atoms with Crippen molar-refractivity contribution in [2.24, 2.45) is 0 Å². The van der Waals surface area contributed by atoms with Crippen LogP contribution in [0.25, 0.3) is 0 Å². The molecule has 0 atom stereocenters. The van der Waals surface area contributed by atoms with Gasteiger partial charge in [0.05, 0.1) is 6.61 Å². The molecule has 0 amide bonds. The van der Waals surface area contributed by atoms with Gasteiger partial charge in [-0.15, -0.1) is 0 Å². The van der Waals surface area contributed by atoms with Crippen molar-refractivity contribution >= 4 is 6.29 Å². The summed E-state index contributed by atoms with van der Waals surface area (Å²) in [6.45, 7) is 5.07. The number of hydrogen-bond acceptors (Lipinski definition) is 3. The third kappa shape index (κ3) is 11.4. The maximum Gasteiger partial charge on any atom is 0.189 e. The highest BCUT2D eigenvalue weighted by atomic mass is 16.7. The standard InChI is InChI=1S/C14H26O3/c1-3-5-6-7-8-9-11-16-13-17-14(12-15)10-4-2/h10,12H,3-9,11,13H2,1-2H3. The van der Waals surface area contributed by atoms with Gasteiger partial charge in [0.25, 0.3) is 0 Å². The molecule has 0 fully saturated rings. The maximum absolute atomic E-state index is 10.5. The van der Waals surface area contributed by atoms with Crippen molar-refractivity contribution in [3.8, 4) is 0 Å². The van der Waals surface area contributed by atoms with E-state index in [1.807, 2.05) is 6.92 Å². The minimum atomic E-state index is 0.180. The van der Waals surface area contributed by atoms with Crippen LogP contribution < -0.4 is 0 Å². The monoisotopic (exact) mass is 242 g/mol. The second-order valence-corrected chi connectivity index (χ2v) is 4.07. The van der Waals surface area contributed by atoms with Gasteiger partial charge >= 0.3 is 0 Å². The van der Waals surface area contributed by atoms with Crippen molar-refractivity contribution in [2.75, 3.05) is 13.4 Å². The van der Waals surface area contributed by atoms with Gasteiger partial charge in [-0.05, 0) is 18.9 Å². The summed E-state index contributed by atoms with van der Waals surface area (Å²) in [7, 11) is 0. The number of aldehydes is 1. The van der Waals surface area contributed by atoms with Crippen LogP contribution in [0.2, 0.25) is 0 Å². The van der Waals surface area contributed by atoms with Gasteiger partial charge in [-0.25, -0.2) is 0 Å². The first-order valence-corrected chi connectivity index (χ1v) is 6.71. The van der Waals surface area contributed by atoms with Crippen LogP contribution in [0.5, 0.6) is 0 Å². The molecule has 3 heteroatoms. The van der Waals surface area contributed by atoms with E-state index in [0.717, 1.165) is 19.1 Å². The second-order valence-electron chi connectivity index (χ2n) is 4.07. The largest absolute Gasteiger partial charge is 0.464 e. The summed E-state index contributed by atoms with van der Waals surface area (Å²) in [5, 5.41) is 0. The van der Waals surface area contributed by atoms with E-state index in [2.05, 4.69) is 6.92 Å². The first kappa shape index (κ1) is 16.2. The van der Waals surface area contributed by atoms with Crippen LogP contribution >= 0.6 is 0 Å². The molecule has 0 spiro atoms. The molecule has 0 rings (SSSR count). The lowest BCUT2D eigenvalue weighted by Gasteiger charge is -2.06. The van der Waals surface area contributed by atoms with Gasteiger partial charge in [-0.3, -0.25) is 4.79 Å². The Kier molecular flexibility index (Phi) is 12.6. The van der Waals surface area contributed by atoms with Crippen LogP contribution in [0.4, 0.5) is 0 Å². The van der Waals surface area contributed by atoms with Crippen molar-refractivity contribution in [2.45, 2.75) is 58.8 Å². The lowest BCUT2D eigenvalue weighted by atomic mass is 10.1. The molecule has 0 unspecified atom stereocenters. The van der Waals surface area contributed by atoms with Crippen molar-refractivity contribution < 1.29 is 14.3 Å². The molecule has 0 aromatic heterocycles. The topological polar surface area (TPSA) is 35.5 Å². The minimum Gasteiger partial charge on any atom is -0.464 e. The summed E-state index contributed by atoms with van der Waals surface area (Å²) in [5.74, 6) is 0.371. The number of ether oxygens (including phenoxy) is 2. The molecule has 0 heterocycles. The summed E-state index contributed by atoms with van der Waals surface area (Å²) < 4.78 is 10.4. The van der Waals surface area contributed by atoms with Crippen LogP contribution in [0, 0.1) is 0 Å². The van der Waals surface area contributed by atoms with E-state index in [9.17, 15) is 4.79 Å². The highest BCUT2D eigenvalue weighted by molar-refractivity contribution is 5.69. The molecule has 0 aliphatic heterocycles. The van der Waals surface area contributed by atoms with Gasteiger partial charge in [0.1, 0.15) is 0 Å². The molecule has 0 bridgehead atoms. The smallest absolute Gasteiger partial charge is 0.189 e. The van der Waals surface area contributed by atoms with Gasteiger partial charge in [0.15, 0.2) is 18.8 Å². The lowest BCUT2D eigenvalue weighted by molar-refractivity contribution is -0.111. The van der Waals surface area contributed by atoms with Gasteiger partial charge in [0, 0.05) is 0 Å². The van der Waals surface area contributed by atoms with Crippen LogP contribution in [0.1, 0.15) is 58.8 Å². The first-order valence-electron chi connectivity index (χ1n) is 6.71. The third-order valence-corrected chi connectivity index (χ3v) is 2.47. The van der Waals surface area contributed by atoms with Crippen LogP contribution in [-0.2, 0) is 14.3 Å². The quantitative estimate of drug-likeness (QED) is 0.171. The molecule has 0 aliphatic rings. The number of hydrogen-bond donors (Lipinski definition) is 0. The number of carbonyl (C=O) groups is 1. The van der Waals surface area contributed by atoms with Crippen LogP contribution in [0.15, 0.2) is 11.8 Å². The molecule has 0 aliphatic carbocycles. The average Bonchev–Trinajstić information content (AvgIpc) is 2.35. The fraction of sp³-hybridized carbons (Fsp3) is 0.786. The van der Waals surface area contributed by atoms with E-state index >= 15 is 0 Å². The molecule has 0 N–H and O–H groups in total. The van der Waals surface area contributed by atoms with E-state index in [4.69, 9.17) is 9.47 Å². The summed E-state index contributed by atoms with van der Waals surface area (Å²) in [5.41, 5.74) is 0. The molecule has 0 saturated carbocycles. The third-order valence-electron chi connectivity index (χ3n) is 2.47. The normalized spacial score (nSPS) is 11.5. The Balaban J connectivity index is 3.23. The van der Waals surface area contributed by atoms with Crippen molar-refractivity contribution in [3.63, 3.8) is 0 Å². The predicted molar refractivity (Wildman–Crippen MR) is 69.7 cm³/mol. The van der Waals surface area contributed by atoms with E-state index < -0.39 is 0 Å². The zero-order valence-electron chi connectivity index (χ0n) is 11.2. The predicted octanol–water partition coefficient (Wildman–Crippen LogP) is 3.83. The Morgan fingerprint density at radius 1 is 1.06 bits per heavy atom. The molecule has 0 aromatic carbocycles. The number of unbranched alkanes of at least 4 members (excludes halogenated alkanes) is 5. The van der Waals surface area contributed by atoms with Gasteiger partial charge in [0.2, 0.25) is 0 Å². The van der Waals surface area contributed by atoms with Crippen molar-refractivity contribution in [3.05, 3.63) is 11.8 Å².